The van der Waals surface area contributed by atoms with Crippen LogP contribution >= 0.6 is 0 Å². The second-order valence-corrected chi connectivity index (χ2v) is 12.4. The number of rotatable bonds is 13. The van der Waals surface area contributed by atoms with E-state index in [2.05, 4.69) is 36.6 Å². The molecule has 0 aromatic heterocycles. The number of Topliss-reactive ketones (excluding diaryl/α,β-unsaturated/α-hetero) is 1. The molecule has 0 saturated carbocycles. The van der Waals surface area contributed by atoms with Gasteiger partial charge < -0.3 is 24.4 Å². The van der Waals surface area contributed by atoms with Crippen molar-refractivity contribution in [1.29, 1.82) is 5.41 Å². The summed E-state index contributed by atoms with van der Waals surface area (Å²) >= 11 is 0. The number of carbonyl (C=O) groups is 1. The minimum Gasteiger partial charge on any atom is -0.490 e. The Balaban J connectivity index is 1.96. The average molecular weight is 585 g/mol. The largest absolute Gasteiger partial charge is 0.490 e. The van der Waals surface area contributed by atoms with Crippen LogP contribution in [0.2, 0.25) is 0 Å². The highest BCUT2D eigenvalue weighted by Crippen LogP contribution is 2.40. The fourth-order valence-electron chi connectivity index (χ4n) is 5.44. The summed E-state index contributed by atoms with van der Waals surface area (Å²) in [5.41, 5.74) is 2.59. The number of nitrogens with one attached hydrogen (secondary N) is 1. The molecule has 0 amide bonds. The van der Waals surface area contributed by atoms with E-state index in [-0.39, 0.29) is 30.1 Å². The van der Waals surface area contributed by atoms with Crippen LogP contribution < -0.4 is 14.4 Å². The third-order valence-corrected chi connectivity index (χ3v) is 8.13. The standard InChI is InChI=1S/C33H49FN4O4/c1-9-41-29-20-27(23(3)30(34)31(29)42-10-2)33(7,8)38(22-35)21-28(40)24-17-25(32(4,5)6)19-26(18-24)37-13-11-36(12-14-37)15-16-39/h17-20,22,35,39H,9-16,21H2,1-8H3. The van der Waals surface area contributed by atoms with Gasteiger partial charge in [0, 0.05) is 44.0 Å². The lowest BCUT2D eigenvalue weighted by atomic mass is 9.84. The number of hydrogen-bond donors (Lipinski definition) is 2. The quantitative estimate of drug-likeness (QED) is 0.186. The van der Waals surface area contributed by atoms with Crippen LogP contribution in [0.3, 0.4) is 0 Å². The monoisotopic (exact) mass is 584 g/mol. The minimum atomic E-state index is -0.896. The zero-order chi connectivity index (χ0) is 31.2. The first-order chi connectivity index (χ1) is 19.8. The summed E-state index contributed by atoms with van der Waals surface area (Å²) in [4.78, 5) is 20.1. The highest BCUT2D eigenvalue weighted by molar-refractivity contribution is 5.99. The van der Waals surface area contributed by atoms with Crippen LogP contribution in [0.5, 0.6) is 11.5 Å². The minimum absolute atomic E-state index is 0.0496. The Bertz CT molecular complexity index is 1250. The number of benzene rings is 2. The lowest BCUT2D eigenvalue weighted by molar-refractivity contribution is 0.0916. The van der Waals surface area contributed by atoms with Gasteiger partial charge in [-0.1, -0.05) is 20.8 Å². The van der Waals surface area contributed by atoms with Crippen LogP contribution in [0.25, 0.3) is 0 Å². The van der Waals surface area contributed by atoms with Crippen LogP contribution in [0, 0.1) is 18.2 Å². The summed E-state index contributed by atoms with van der Waals surface area (Å²) in [6.45, 7) is 20.2. The maximum Gasteiger partial charge on any atom is 0.197 e. The van der Waals surface area contributed by atoms with E-state index in [1.165, 1.54) is 0 Å². The molecule has 9 heteroatoms. The van der Waals surface area contributed by atoms with Crippen LogP contribution in [0.15, 0.2) is 24.3 Å². The number of β-amino-alcohol motifs (C(OH)–C–C–N with tert-alkyl or cyclic N) is 1. The summed E-state index contributed by atoms with van der Waals surface area (Å²) in [6.07, 6.45) is 1.15. The van der Waals surface area contributed by atoms with Crippen LogP contribution in [0.1, 0.15) is 75.5 Å². The topological polar surface area (TPSA) is 89.3 Å². The fourth-order valence-corrected chi connectivity index (χ4v) is 5.44. The van der Waals surface area contributed by atoms with E-state index >= 15 is 4.39 Å². The third-order valence-electron chi connectivity index (χ3n) is 8.13. The van der Waals surface area contributed by atoms with Crippen molar-refractivity contribution >= 4 is 17.8 Å². The summed E-state index contributed by atoms with van der Waals surface area (Å²) in [5.74, 6) is -0.225. The number of piperazine rings is 1. The van der Waals surface area contributed by atoms with E-state index < -0.39 is 11.4 Å². The van der Waals surface area contributed by atoms with Gasteiger partial charge in [0.15, 0.2) is 23.1 Å². The number of carbonyl (C=O) groups excluding carboxylic acids is 1. The summed E-state index contributed by atoms with van der Waals surface area (Å²) < 4.78 is 26.8. The molecule has 2 N–H and O–H groups in total. The van der Waals surface area contributed by atoms with Gasteiger partial charge in [-0.15, -0.1) is 0 Å². The second-order valence-electron chi connectivity index (χ2n) is 12.4. The molecule has 1 aliphatic rings. The molecule has 0 atom stereocenters. The zero-order valence-electron chi connectivity index (χ0n) is 26.6. The maximum atomic E-state index is 15.5. The first-order valence-corrected chi connectivity index (χ1v) is 14.9. The Morgan fingerprint density at radius 3 is 2.24 bits per heavy atom. The Morgan fingerprint density at radius 1 is 1.05 bits per heavy atom. The van der Waals surface area contributed by atoms with Crippen molar-refractivity contribution in [2.75, 3.05) is 64.0 Å². The van der Waals surface area contributed by atoms with Crippen molar-refractivity contribution in [3.63, 3.8) is 0 Å². The molecule has 1 heterocycles. The fraction of sp³-hybridized carbons (Fsp3) is 0.576. The van der Waals surface area contributed by atoms with Crippen LogP contribution in [-0.2, 0) is 11.0 Å². The molecular weight excluding hydrogens is 535 g/mol. The van der Waals surface area contributed by atoms with Crippen molar-refractivity contribution in [2.45, 2.75) is 66.3 Å². The highest BCUT2D eigenvalue weighted by atomic mass is 19.1. The van der Waals surface area contributed by atoms with Crippen molar-refractivity contribution in [3.05, 3.63) is 52.3 Å². The van der Waals surface area contributed by atoms with Crippen LogP contribution in [-0.4, -0.2) is 86.1 Å². The number of ketones is 1. The molecule has 2 aromatic carbocycles. The molecular formula is C33H49FN4O4. The molecule has 1 fully saturated rings. The number of aliphatic hydroxyl groups excluding tert-OH is 1. The van der Waals surface area contributed by atoms with E-state index in [4.69, 9.17) is 14.9 Å². The number of nitrogens with zero attached hydrogens (tertiary/aromatic N) is 3. The number of aliphatic hydroxyl groups is 1. The van der Waals surface area contributed by atoms with Gasteiger partial charge >= 0.3 is 0 Å². The third kappa shape index (κ3) is 7.42. The summed E-state index contributed by atoms with van der Waals surface area (Å²) in [7, 11) is 0. The molecule has 0 radical (unpaired) electrons. The molecule has 0 spiro atoms. The SMILES string of the molecule is CCOc1cc(C(C)(C)N(C=N)CC(=O)c2cc(N3CCN(CCO)CC3)cc(C(C)(C)C)c2)c(C)c(F)c1OCC. The molecule has 42 heavy (non-hydrogen) atoms. The normalized spacial score (nSPS) is 14.6. The smallest absolute Gasteiger partial charge is 0.197 e. The van der Waals surface area contributed by atoms with Crippen LogP contribution in [0.4, 0.5) is 10.1 Å². The number of halogens is 1. The molecule has 1 saturated heterocycles. The van der Waals surface area contributed by atoms with Gasteiger partial charge in [-0.05, 0) is 81.0 Å². The zero-order valence-corrected chi connectivity index (χ0v) is 26.6. The van der Waals surface area contributed by atoms with Gasteiger partial charge in [0.05, 0.1) is 38.2 Å². The first kappa shape index (κ1) is 33.3. The Kier molecular flexibility index (Phi) is 11.0. The lowest BCUT2D eigenvalue weighted by Gasteiger charge is -2.39. The van der Waals surface area contributed by atoms with Gasteiger partial charge in [0.25, 0.3) is 0 Å². The van der Waals surface area contributed by atoms with E-state index in [0.29, 0.717) is 42.2 Å². The van der Waals surface area contributed by atoms with Gasteiger partial charge in [-0.2, -0.15) is 0 Å². The molecule has 1 aliphatic heterocycles. The predicted octanol–water partition coefficient (Wildman–Crippen LogP) is 5.37. The average Bonchev–Trinajstić information content (AvgIpc) is 2.95. The second kappa shape index (κ2) is 13.9. The molecule has 2 aromatic rings. The van der Waals surface area contributed by atoms with E-state index in [9.17, 15) is 9.90 Å². The molecule has 0 unspecified atom stereocenters. The van der Waals surface area contributed by atoms with E-state index in [1.807, 2.05) is 32.9 Å². The number of ether oxygens (including phenoxy) is 2. The van der Waals surface area contributed by atoms with Gasteiger partial charge in [-0.25, -0.2) is 4.39 Å². The predicted molar refractivity (Wildman–Crippen MR) is 167 cm³/mol. The van der Waals surface area contributed by atoms with Gasteiger partial charge in [0.1, 0.15) is 0 Å². The molecule has 0 bridgehead atoms. The van der Waals surface area contributed by atoms with Gasteiger partial charge in [-0.3, -0.25) is 15.1 Å². The Labute approximate surface area is 250 Å². The maximum absolute atomic E-state index is 15.5. The molecule has 0 aliphatic carbocycles. The van der Waals surface area contributed by atoms with Gasteiger partial charge in [0.2, 0.25) is 0 Å². The van der Waals surface area contributed by atoms with Crippen molar-refractivity contribution in [1.82, 2.24) is 9.80 Å². The summed E-state index contributed by atoms with van der Waals surface area (Å²) in [5, 5.41) is 17.6. The summed E-state index contributed by atoms with van der Waals surface area (Å²) in [6, 6.07) is 7.84. The van der Waals surface area contributed by atoms with Crippen molar-refractivity contribution < 1.29 is 23.8 Å². The lowest BCUT2D eigenvalue weighted by Crippen LogP contribution is -2.47. The Hall–Kier alpha value is -3.17. The van der Waals surface area contributed by atoms with Crippen molar-refractivity contribution in [2.24, 2.45) is 0 Å². The molecule has 8 nitrogen and oxygen atoms in total. The molecule has 3 rings (SSSR count). The number of hydrogen-bond acceptors (Lipinski definition) is 7. The Morgan fingerprint density at radius 2 is 1.69 bits per heavy atom. The van der Waals surface area contributed by atoms with Crippen molar-refractivity contribution in [3.8, 4) is 11.5 Å². The molecule has 232 valence electrons. The highest BCUT2D eigenvalue weighted by Gasteiger charge is 2.34. The van der Waals surface area contributed by atoms with E-state index in [1.54, 1.807) is 24.8 Å². The number of anilines is 1. The first-order valence-electron chi connectivity index (χ1n) is 14.9. The van der Waals surface area contributed by atoms with E-state index in [0.717, 1.165) is 43.8 Å².